The summed E-state index contributed by atoms with van der Waals surface area (Å²) < 4.78 is 11.2. The van der Waals surface area contributed by atoms with Crippen molar-refractivity contribution in [1.82, 2.24) is 5.32 Å². The number of nitrogens with one attached hydrogen (secondary N) is 1. The number of aliphatic hydroxyl groups excluding tert-OH is 5. The molecule has 0 radical (unpaired) electrons. The molecule has 1 amide bonds. The summed E-state index contributed by atoms with van der Waals surface area (Å²) in [7, 11) is 0. The van der Waals surface area contributed by atoms with Gasteiger partial charge >= 0.3 is 0 Å². The normalized spacial score (nSPS) is 22.0. The number of rotatable bonds is 35. The molecule has 0 aliphatic carbocycles. The molecule has 1 saturated heterocycles. The zero-order valence-electron chi connectivity index (χ0n) is 33.3. The van der Waals surface area contributed by atoms with Crippen molar-refractivity contribution in [2.75, 3.05) is 13.2 Å². The average molecular weight is 740 g/mol. The molecule has 306 valence electrons. The molecule has 9 heteroatoms. The molecule has 7 unspecified atom stereocenters. The van der Waals surface area contributed by atoms with Crippen molar-refractivity contribution in [1.29, 1.82) is 0 Å². The van der Waals surface area contributed by atoms with Crippen molar-refractivity contribution in [2.24, 2.45) is 0 Å². The largest absolute Gasteiger partial charge is 0.394 e. The molecule has 52 heavy (non-hydrogen) atoms. The first-order valence-corrected chi connectivity index (χ1v) is 21.6. The van der Waals surface area contributed by atoms with Gasteiger partial charge in [-0.1, -0.05) is 167 Å². The first kappa shape index (κ1) is 48.7. The van der Waals surface area contributed by atoms with Crippen LogP contribution in [0.4, 0.5) is 0 Å². The van der Waals surface area contributed by atoms with Gasteiger partial charge in [-0.25, -0.2) is 0 Å². The third-order valence-corrected chi connectivity index (χ3v) is 10.3. The number of hydrogen-bond acceptors (Lipinski definition) is 8. The highest BCUT2D eigenvalue weighted by atomic mass is 16.7. The minimum absolute atomic E-state index is 0.198. The maximum absolute atomic E-state index is 12.8. The van der Waals surface area contributed by atoms with E-state index in [1.54, 1.807) is 6.08 Å². The summed E-state index contributed by atoms with van der Waals surface area (Å²) >= 11 is 0. The van der Waals surface area contributed by atoms with Crippen molar-refractivity contribution in [3.63, 3.8) is 0 Å². The number of allylic oxidation sites excluding steroid dienone is 3. The molecule has 1 heterocycles. The fourth-order valence-electron chi connectivity index (χ4n) is 6.75. The summed E-state index contributed by atoms with van der Waals surface area (Å²) in [6.07, 6.45) is 32.4. The van der Waals surface area contributed by atoms with E-state index < -0.39 is 49.5 Å². The van der Waals surface area contributed by atoms with Gasteiger partial charge in [0, 0.05) is 6.42 Å². The van der Waals surface area contributed by atoms with E-state index in [1.165, 1.54) is 128 Å². The predicted molar refractivity (Wildman–Crippen MR) is 212 cm³/mol. The van der Waals surface area contributed by atoms with Gasteiger partial charge in [-0.3, -0.25) is 4.79 Å². The van der Waals surface area contributed by atoms with Crippen molar-refractivity contribution >= 4 is 5.91 Å². The lowest BCUT2D eigenvalue weighted by Crippen LogP contribution is -2.60. The van der Waals surface area contributed by atoms with Crippen LogP contribution in [0.1, 0.15) is 187 Å². The summed E-state index contributed by atoms with van der Waals surface area (Å²) in [5.41, 5.74) is 0. The van der Waals surface area contributed by atoms with E-state index in [0.29, 0.717) is 12.8 Å². The van der Waals surface area contributed by atoms with Gasteiger partial charge < -0.3 is 40.3 Å². The minimum Gasteiger partial charge on any atom is -0.394 e. The molecule has 6 N–H and O–H groups in total. The summed E-state index contributed by atoms with van der Waals surface area (Å²) in [5.74, 6) is -0.213. The molecule has 1 aliphatic heterocycles. The molecular formula is C43H81NO8. The number of amides is 1. The third kappa shape index (κ3) is 24.9. The average Bonchev–Trinajstić information content (AvgIpc) is 3.14. The van der Waals surface area contributed by atoms with E-state index in [1.807, 2.05) is 6.08 Å². The van der Waals surface area contributed by atoms with Crippen LogP contribution in [-0.4, -0.2) is 87.5 Å². The van der Waals surface area contributed by atoms with E-state index >= 15 is 0 Å². The lowest BCUT2D eigenvalue weighted by molar-refractivity contribution is -0.302. The standard InChI is InChI=1S/C43H81NO8/c1-3-5-7-9-11-13-14-15-16-17-18-19-20-21-22-23-25-26-28-30-32-37(46)36(35-51-43-42(50)41(49)40(48)38(34-45)52-43)44-39(47)33-31-29-27-24-12-10-8-6-4-2/h24,27,30,32,36-38,40-43,45-46,48-50H,3-23,25-26,28-29,31,33-35H2,1-2H3,(H,44,47)/b27-24-,32-30+. The maximum atomic E-state index is 12.8. The van der Waals surface area contributed by atoms with Crippen LogP contribution in [0.2, 0.25) is 0 Å². The van der Waals surface area contributed by atoms with Gasteiger partial charge in [0.1, 0.15) is 24.4 Å². The second-order valence-corrected chi connectivity index (χ2v) is 15.1. The Morgan fingerprint density at radius 3 is 1.58 bits per heavy atom. The monoisotopic (exact) mass is 740 g/mol. The highest BCUT2D eigenvalue weighted by Crippen LogP contribution is 2.22. The second kappa shape index (κ2) is 34.2. The Morgan fingerprint density at radius 2 is 1.08 bits per heavy atom. The SMILES string of the molecule is CCCCCC/C=C\CCCC(=O)NC(COC1OC(CO)C(O)C(O)C1O)C(O)/C=C/CCCCCCCCCCCCCCCCCCCC. The Hall–Kier alpha value is -1.33. The molecule has 0 saturated carbocycles. The van der Waals surface area contributed by atoms with Crippen LogP contribution in [0, 0.1) is 0 Å². The number of carbonyl (C=O) groups is 1. The van der Waals surface area contributed by atoms with Gasteiger partial charge in [-0.05, 0) is 38.5 Å². The van der Waals surface area contributed by atoms with Gasteiger partial charge in [-0.15, -0.1) is 0 Å². The summed E-state index contributed by atoms with van der Waals surface area (Å²) in [4.78, 5) is 12.8. The summed E-state index contributed by atoms with van der Waals surface area (Å²) in [6, 6.07) is -0.814. The maximum Gasteiger partial charge on any atom is 0.220 e. The first-order chi connectivity index (χ1) is 25.3. The third-order valence-electron chi connectivity index (χ3n) is 10.3. The van der Waals surface area contributed by atoms with Crippen molar-refractivity contribution < 1.29 is 39.8 Å². The van der Waals surface area contributed by atoms with Crippen LogP contribution < -0.4 is 5.32 Å². The Morgan fingerprint density at radius 1 is 0.635 bits per heavy atom. The smallest absolute Gasteiger partial charge is 0.220 e. The second-order valence-electron chi connectivity index (χ2n) is 15.1. The first-order valence-electron chi connectivity index (χ1n) is 21.6. The van der Waals surface area contributed by atoms with Gasteiger partial charge in [0.15, 0.2) is 6.29 Å². The van der Waals surface area contributed by atoms with Crippen molar-refractivity contribution in [3.8, 4) is 0 Å². The molecule has 1 fully saturated rings. The number of ether oxygens (including phenoxy) is 2. The molecule has 0 bridgehead atoms. The lowest BCUT2D eigenvalue weighted by atomic mass is 9.99. The predicted octanol–water partition coefficient (Wildman–Crippen LogP) is 8.33. The van der Waals surface area contributed by atoms with Gasteiger partial charge in [-0.2, -0.15) is 0 Å². The van der Waals surface area contributed by atoms with Crippen LogP contribution in [0.3, 0.4) is 0 Å². The number of hydrogen-bond donors (Lipinski definition) is 6. The van der Waals surface area contributed by atoms with Crippen LogP contribution in [0.25, 0.3) is 0 Å². The van der Waals surface area contributed by atoms with E-state index in [-0.39, 0.29) is 12.5 Å². The van der Waals surface area contributed by atoms with Crippen LogP contribution >= 0.6 is 0 Å². The van der Waals surface area contributed by atoms with Gasteiger partial charge in [0.25, 0.3) is 0 Å². The Labute approximate surface area is 318 Å². The van der Waals surface area contributed by atoms with Gasteiger partial charge in [0.2, 0.25) is 5.91 Å². The number of carbonyl (C=O) groups excluding carboxylic acids is 1. The number of unbranched alkanes of at least 4 members (excludes halogenated alkanes) is 23. The Bertz CT molecular complexity index is 868. The molecule has 1 rings (SSSR count). The zero-order chi connectivity index (χ0) is 38.1. The summed E-state index contributed by atoms with van der Waals surface area (Å²) in [6.45, 7) is 3.71. The van der Waals surface area contributed by atoms with Gasteiger partial charge in [0.05, 0.1) is 25.4 Å². The topological polar surface area (TPSA) is 149 Å². The number of aliphatic hydroxyl groups is 5. The van der Waals surface area contributed by atoms with E-state index in [9.17, 15) is 30.3 Å². The van der Waals surface area contributed by atoms with E-state index in [2.05, 4.69) is 31.3 Å². The highest BCUT2D eigenvalue weighted by molar-refractivity contribution is 5.76. The molecule has 0 aromatic carbocycles. The fraction of sp³-hybridized carbons (Fsp3) is 0.884. The summed E-state index contributed by atoms with van der Waals surface area (Å²) in [5, 5.41) is 53.9. The van der Waals surface area contributed by atoms with E-state index in [4.69, 9.17) is 9.47 Å². The Balaban J connectivity index is 2.34. The molecule has 0 aromatic rings. The molecule has 1 aliphatic rings. The molecule has 0 aromatic heterocycles. The van der Waals surface area contributed by atoms with Crippen molar-refractivity contribution in [2.45, 2.75) is 230 Å². The quantitative estimate of drug-likeness (QED) is 0.0281. The van der Waals surface area contributed by atoms with Crippen molar-refractivity contribution in [3.05, 3.63) is 24.3 Å². The zero-order valence-corrected chi connectivity index (χ0v) is 33.3. The van der Waals surface area contributed by atoms with Crippen LogP contribution in [0.15, 0.2) is 24.3 Å². The minimum atomic E-state index is -1.57. The molecule has 9 nitrogen and oxygen atoms in total. The van der Waals surface area contributed by atoms with Crippen LogP contribution in [-0.2, 0) is 14.3 Å². The lowest BCUT2D eigenvalue weighted by Gasteiger charge is -2.40. The fourth-order valence-corrected chi connectivity index (χ4v) is 6.75. The highest BCUT2D eigenvalue weighted by Gasteiger charge is 2.44. The van der Waals surface area contributed by atoms with Crippen LogP contribution in [0.5, 0.6) is 0 Å². The van der Waals surface area contributed by atoms with E-state index in [0.717, 1.165) is 32.1 Å². The molecular weight excluding hydrogens is 658 g/mol. The molecule has 0 spiro atoms. The Kier molecular flexibility index (Phi) is 32.0. The molecule has 7 atom stereocenters.